The maximum absolute atomic E-state index is 12.4. The fourth-order valence-corrected chi connectivity index (χ4v) is 3.37. The van der Waals surface area contributed by atoms with Gasteiger partial charge in [-0.05, 0) is 35.2 Å². The van der Waals surface area contributed by atoms with Crippen LogP contribution in [0.15, 0.2) is 27.4 Å². The van der Waals surface area contributed by atoms with Gasteiger partial charge >= 0.3 is 0 Å². The number of carbonyl (C=O) groups excluding carboxylic acids is 1. The Labute approximate surface area is 139 Å². The van der Waals surface area contributed by atoms with Crippen molar-refractivity contribution in [1.82, 2.24) is 15.0 Å². The number of hydrogen-bond acceptors (Lipinski definition) is 6. The molecule has 6 nitrogen and oxygen atoms in total. The van der Waals surface area contributed by atoms with E-state index in [4.69, 9.17) is 4.52 Å². The van der Waals surface area contributed by atoms with Gasteiger partial charge in [-0.25, -0.2) is 0 Å². The van der Waals surface area contributed by atoms with E-state index in [2.05, 4.69) is 10.1 Å². The van der Waals surface area contributed by atoms with Crippen molar-refractivity contribution in [2.45, 2.75) is 32.0 Å². The lowest BCUT2D eigenvalue weighted by atomic mass is 10.1. The minimum absolute atomic E-state index is 0.139. The van der Waals surface area contributed by atoms with E-state index in [1.165, 1.54) is 0 Å². The summed E-state index contributed by atoms with van der Waals surface area (Å²) in [7, 11) is 1.76. The Hall–Kier alpha value is -1.70. The molecule has 1 amide bonds. The molecule has 1 saturated heterocycles. The van der Waals surface area contributed by atoms with Gasteiger partial charge in [-0.3, -0.25) is 9.69 Å². The number of amides is 1. The van der Waals surface area contributed by atoms with Crippen molar-refractivity contribution in [3.8, 4) is 0 Å². The van der Waals surface area contributed by atoms with Gasteiger partial charge in [0, 0.05) is 32.7 Å². The summed E-state index contributed by atoms with van der Waals surface area (Å²) in [6, 6.07) is 3.73. The molecular formula is C16H21N3O3S. The molecular weight excluding hydrogens is 314 g/mol. The zero-order chi connectivity index (χ0) is 16.2. The summed E-state index contributed by atoms with van der Waals surface area (Å²) in [5, 5.41) is 17.5. The normalized spacial score (nSPS) is 16.6. The van der Waals surface area contributed by atoms with Crippen LogP contribution in [0.25, 0.3) is 0 Å². The zero-order valence-electron chi connectivity index (χ0n) is 13.1. The summed E-state index contributed by atoms with van der Waals surface area (Å²) in [5.74, 6) is 0.550. The quantitative estimate of drug-likeness (QED) is 0.904. The number of rotatable bonds is 5. The van der Waals surface area contributed by atoms with Gasteiger partial charge in [0.2, 0.25) is 0 Å². The first-order chi connectivity index (χ1) is 11.1. The predicted molar refractivity (Wildman–Crippen MR) is 87.1 cm³/mol. The van der Waals surface area contributed by atoms with Crippen LogP contribution in [0.2, 0.25) is 0 Å². The number of aromatic nitrogens is 1. The first kappa shape index (κ1) is 16.2. The summed E-state index contributed by atoms with van der Waals surface area (Å²) < 4.78 is 5.30. The highest BCUT2D eigenvalue weighted by Gasteiger charge is 2.21. The van der Waals surface area contributed by atoms with Gasteiger partial charge in [0.05, 0.1) is 12.6 Å². The zero-order valence-corrected chi connectivity index (χ0v) is 14.0. The molecule has 23 heavy (non-hydrogen) atoms. The van der Waals surface area contributed by atoms with Crippen molar-refractivity contribution in [3.05, 3.63) is 39.9 Å². The highest BCUT2D eigenvalue weighted by Crippen LogP contribution is 2.16. The van der Waals surface area contributed by atoms with Gasteiger partial charge in [0.25, 0.3) is 5.91 Å². The molecule has 1 aliphatic rings. The Bertz CT molecular complexity index is 633. The molecule has 0 radical (unpaired) electrons. The van der Waals surface area contributed by atoms with Gasteiger partial charge in [-0.15, -0.1) is 0 Å². The highest BCUT2D eigenvalue weighted by atomic mass is 32.1. The third kappa shape index (κ3) is 4.19. The summed E-state index contributed by atoms with van der Waals surface area (Å²) >= 11 is 1.62. The summed E-state index contributed by atoms with van der Waals surface area (Å²) in [6.07, 6.45) is 1.37. The van der Waals surface area contributed by atoms with E-state index in [0.29, 0.717) is 24.5 Å². The van der Waals surface area contributed by atoms with Crippen LogP contribution in [0.3, 0.4) is 0 Å². The molecule has 0 bridgehead atoms. The van der Waals surface area contributed by atoms with Crippen molar-refractivity contribution >= 4 is 17.2 Å². The standard InChI is InChI=1S/C16H21N3O3S/c1-18(9-12-4-7-23-11-12)16(21)15-8-14(22-17-15)10-19-5-2-13(20)3-6-19/h4,7-8,11,13,20H,2-3,5-6,9-10H2,1H3. The third-order valence-electron chi connectivity index (χ3n) is 4.06. The van der Waals surface area contributed by atoms with Crippen molar-refractivity contribution in [2.24, 2.45) is 0 Å². The molecule has 2 aromatic rings. The lowest BCUT2D eigenvalue weighted by Gasteiger charge is -2.28. The van der Waals surface area contributed by atoms with E-state index in [1.807, 2.05) is 16.8 Å². The predicted octanol–water partition coefficient (Wildman–Crippen LogP) is 1.97. The van der Waals surface area contributed by atoms with E-state index >= 15 is 0 Å². The molecule has 0 unspecified atom stereocenters. The van der Waals surface area contributed by atoms with Crippen molar-refractivity contribution in [3.63, 3.8) is 0 Å². The smallest absolute Gasteiger partial charge is 0.276 e. The fourth-order valence-electron chi connectivity index (χ4n) is 2.71. The summed E-state index contributed by atoms with van der Waals surface area (Å²) in [6.45, 7) is 2.86. The average Bonchev–Trinajstić information content (AvgIpc) is 3.20. The largest absolute Gasteiger partial charge is 0.393 e. The second kappa shape index (κ2) is 7.25. The van der Waals surface area contributed by atoms with Gasteiger partial charge in [0.15, 0.2) is 11.5 Å². The molecule has 0 spiro atoms. The molecule has 3 heterocycles. The molecule has 3 rings (SSSR count). The Morgan fingerprint density at radius 2 is 2.30 bits per heavy atom. The minimum Gasteiger partial charge on any atom is -0.393 e. The van der Waals surface area contributed by atoms with Crippen LogP contribution in [0.5, 0.6) is 0 Å². The summed E-state index contributed by atoms with van der Waals surface area (Å²) in [5.41, 5.74) is 1.45. The number of hydrogen-bond donors (Lipinski definition) is 1. The molecule has 124 valence electrons. The van der Waals surface area contributed by atoms with Crippen LogP contribution >= 0.6 is 11.3 Å². The lowest BCUT2D eigenvalue weighted by molar-refractivity contribution is 0.0743. The van der Waals surface area contributed by atoms with Crippen LogP contribution < -0.4 is 0 Å². The van der Waals surface area contributed by atoms with E-state index < -0.39 is 0 Å². The first-order valence-electron chi connectivity index (χ1n) is 7.74. The summed E-state index contributed by atoms with van der Waals surface area (Å²) in [4.78, 5) is 16.2. The second-order valence-corrected chi connectivity index (χ2v) is 6.76. The lowest BCUT2D eigenvalue weighted by Crippen LogP contribution is -2.35. The van der Waals surface area contributed by atoms with Crippen LogP contribution in [0.1, 0.15) is 34.7 Å². The highest BCUT2D eigenvalue weighted by molar-refractivity contribution is 7.07. The average molecular weight is 335 g/mol. The van der Waals surface area contributed by atoms with E-state index in [0.717, 1.165) is 31.5 Å². The minimum atomic E-state index is -0.191. The molecule has 7 heteroatoms. The van der Waals surface area contributed by atoms with E-state index in [1.54, 1.807) is 29.4 Å². The number of aliphatic hydroxyl groups is 1. The SMILES string of the molecule is CN(Cc1ccsc1)C(=O)c1cc(CN2CCC(O)CC2)on1. The molecule has 1 fully saturated rings. The van der Waals surface area contributed by atoms with Crippen LogP contribution in [0.4, 0.5) is 0 Å². The number of aliphatic hydroxyl groups excluding tert-OH is 1. The van der Waals surface area contributed by atoms with Gasteiger partial charge in [0.1, 0.15) is 0 Å². The molecule has 0 saturated carbocycles. The number of carbonyl (C=O) groups is 1. The molecule has 1 N–H and O–H groups in total. The Morgan fingerprint density at radius 1 is 1.52 bits per heavy atom. The fraction of sp³-hybridized carbons (Fsp3) is 0.500. The topological polar surface area (TPSA) is 69.8 Å². The first-order valence-corrected chi connectivity index (χ1v) is 8.68. The maximum Gasteiger partial charge on any atom is 0.276 e. The van der Waals surface area contributed by atoms with E-state index in [9.17, 15) is 9.90 Å². The van der Waals surface area contributed by atoms with Gasteiger partial charge in [-0.2, -0.15) is 11.3 Å². The Balaban J connectivity index is 1.56. The van der Waals surface area contributed by atoms with Crippen molar-refractivity contribution < 1.29 is 14.4 Å². The molecule has 0 aliphatic carbocycles. The van der Waals surface area contributed by atoms with E-state index in [-0.39, 0.29) is 12.0 Å². The number of nitrogens with zero attached hydrogens (tertiary/aromatic N) is 3. The van der Waals surface area contributed by atoms with Crippen molar-refractivity contribution in [1.29, 1.82) is 0 Å². The number of thiophene rings is 1. The molecule has 0 aromatic carbocycles. The second-order valence-electron chi connectivity index (χ2n) is 5.98. The van der Waals surface area contributed by atoms with Crippen LogP contribution in [-0.2, 0) is 13.1 Å². The third-order valence-corrected chi connectivity index (χ3v) is 4.79. The monoisotopic (exact) mass is 335 g/mol. The maximum atomic E-state index is 12.4. The number of piperidine rings is 1. The van der Waals surface area contributed by atoms with Gasteiger partial charge in [-0.1, -0.05) is 5.16 Å². The Morgan fingerprint density at radius 3 is 3.00 bits per heavy atom. The van der Waals surface area contributed by atoms with Gasteiger partial charge < -0.3 is 14.5 Å². The molecule has 1 aliphatic heterocycles. The molecule has 2 aromatic heterocycles. The van der Waals surface area contributed by atoms with Crippen LogP contribution in [-0.4, -0.2) is 52.2 Å². The Kier molecular flexibility index (Phi) is 5.09. The number of likely N-dealkylation sites (tertiary alicyclic amines) is 1. The van der Waals surface area contributed by atoms with Crippen molar-refractivity contribution in [2.75, 3.05) is 20.1 Å². The van der Waals surface area contributed by atoms with Crippen LogP contribution in [0, 0.1) is 0 Å². The molecule has 0 atom stereocenters.